The van der Waals surface area contributed by atoms with Gasteiger partial charge >= 0.3 is 5.97 Å². The minimum Gasteiger partial charge on any atom is -0.464 e. The molecule has 0 spiro atoms. The second-order valence-electron chi connectivity index (χ2n) is 7.22. The number of nitrogens with zero attached hydrogens (tertiary/aromatic N) is 2. The molecule has 1 aromatic carbocycles. The Morgan fingerprint density at radius 1 is 1.18 bits per heavy atom. The van der Waals surface area contributed by atoms with E-state index >= 15 is 0 Å². The van der Waals surface area contributed by atoms with Gasteiger partial charge in [0.2, 0.25) is 15.9 Å². The summed E-state index contributed by atoms with van der Waals surface area (Å²) in [6.07, 6.45) is 1.14. The summed E-state index contributed by atoms with van der Waals surface area (Å²) in [4.78, 5) is 15.7. The van der Waals surface area contributed by atoms with Gasteiger partial charge in [-0.2, -0.15) is 4.31 Å². The molecule has 0 saturated heterocycles. The van der Waals surface area contributed by atoms with Crippen LogP contribution in [0.4, 0.5) is 0 Å². The summed E-state index contributed by atoms with van der Waals surface area (Å²) < 4.78 is 42.3. The molecule has 0 radical (unpaired) electrons. The predicted molar refractivity (Wildman–Crippen MR) is 102 cm³/mol. The molecule has 0 bridgehead atoms. The molecule has 0 aliphatic rings. The Kier molecular flexibility index (Phi) is 6.97. The van der Waals surface area contributed by atoms with E-state index in [-0.39, 0.29) is 41.6 Å². The molecule has 8 nitrogen and oxygen atoms in total. The monoisotopic (exact) mass is 410 g/mol. The number of benzene rings is 1. The third-order valence-electron chi connectivity index (χ3n) is 4.16. The van der Waals surface area contributed by atoms with Gasteiger partial charge in [0.25, 0.3) is 0 Å². The highest BCUT2D eigenvalue weighted by Crippen LogP contribution is 2.25. The van der Waals surface area contributed by atoms with E-state index in [0.717, 1.165) is 11.8 Å². The zero-order valence-electron chi connectivity index (χ0n) is 16.8. The Morgan fingerprint density at radius 3 is 2.36 bits per heavy atom. The molecule has 9 heteroatoms. The average Bonchev–Trinajstić information content (AvgIpc) is 3.12. The summed E-state index contributed by atoms with van der Waals surface area (Å²) in [5.41, 5.74) is 0.932. The van der Waals surface area contributed by atoms with Gasteiger partial charge in [-0.15, -0.1) is 0 Å². The van der Waals surface area contributed by atoms with Gasteiger partial charge in [0.15, 0.2) is 5.69 Å². The number of esters is 1. The van der Waals surface area contributed by atoms with Gasteiger partial charge in [0.1, 0.15) is 6.26 Å². The van der Waals surface area contributed by atoms with Crippen molar-refractivity contribution in [3.05, 3.63) is 47.7 Å². The number of hydrogen-bond acceptors (Lipinski definition) is 7. The van der Waals surface area contributed by atoms with Crippen LogP contribution in [-0.4, -0.2) is 51.0 Å². The number of aromatic nitrogens is 1. The summed E-state index contributed by atoms with van der Waals surface area (Å²) in [6, 6.07) is 6.79. The lowest BCUT2D eigenvalue weighted by Gasteiger charge is -2.22. The summed E-state index contributed by atoms with van der Waals surface area (Å²) in [5.74, 6) is -0.564. The van der Waals surface area contributed by atoms with Crippen molar-refractivity contribution in [1.29, 1.82) is 0 Å². The number of sulfonamides is 1. The molecule has 0 unspecified atom stereocenters. The molecule has 1 aromatic heterocycles. The zero-order valence-corrected chi connectivity index (χ0v) is 17.6. The largest absolute Gasteiger partial charge is 0.464 e. The summed E-state index contributed by atoms with van der Waals surface area (Å²) in [6.45, 7) is 6.35. The molecule has 0 atom stereocenters. The fourth-order valence-corrected chi connectivity index (χ4v) is 3.86. The molecule has 2 aromatic rings. The number of hydrogen-bond donors (Lipinski definition) is 0. The molecule has 0 aliphatic carbocycles. The molecule has 28 heavy (non-hydrogen) atoms. The quantitative estimate of drug-likeness (QED) is 0.617. The van der Waals surface area contributed by atoms with Crippen molar-refractivity contribution < 1.29 is 27.1 Å². The van der Waals surface area contributed by atoms with Crippen molar-refractivity contribution in [2.45, 2.75) is 37.6 Å². The third-order valence-corrected chi connectivity index (χ3v) is 6.02. The highest BCUT2D eigenvalue weighted by atomic mass is 32.2. The Balaban J connectivity index is 2.30. The number of ether oxygens (including phenoxy) is 2. The van der Waals surface area contributed by atoms with Crippen LogP contribution in [0, 0.1) is 0 Å². The van der Waals surface area contributed by atoms with Crippen LogP contribution in [0.25, 0.3) is 0 Å². The second-order valence-corrected chi connectivity index (χ2v) is 9.16. The van der Waals surface area contributed by atoms with Gasteiger partial charge in [-0.3, -0.25) is 0 Å². The van der Waals surface area contributed by atoms with Gasteiger partial charge in [-0.05, 0) is 23.1 Å². The van der Waals surface area contributed by atoms with Crippen LogP contribution in [-0.2, 0) is 31.5 Å². The molecule has 2 rings (SSSR count). The lowest BCUT2D eigenvalue weighted by molar-refractivity contribution is 0.0594. The first-order valence-corrected chi connectivity index (χ1v) is 10.2. The highest BCUT2D eigenvalue weighted by Gasteiger charge is 2.27. The molecule has 0 saturated carbocycles. The van der Waals surface area contributed by atoms with Crippen LogP contribution in [0.2, 0.25) is 0 Å². The van der Waals surface area contributed by atoms with Crippen LogP contribution >= 0.6 is 0 Å². The predicted octanol–water partition coefficient (Wildman–Crippen LogP) is 2.60. The van der Waals surface area contributed by atoms with Gasteiger partial charge in [-0.25, -0.2) is 18.2 Å². The maximum atomic E-state index is 13.1. The number of carbonyl (C=O) groups excluding carboxylic acids is 1. The Bertz CT molecular complexity index is 897. The van der Waals surface area contributed by atoms with E-state index in [0.29, 0.717) is 0 Å². The maximum absolute atomic E-state index is 13.1. The standard InChI is InChI=1S/C19H26N2O6S/c1-19(2,3)14-6-8-15(9-7-14)28(23,24)21(10-11-25-4)12-17-20-16(13-27-17)18(22)26-5/h6-9,13H,10-12H2,1-5H3. The van der Waals surface area contributed by atoms with Crippen LogP contribution in [0.5, 0.6) is 0 Å². The molecular formula is C19H26N2O6S. The van der Waals surface area contributed by atoms with E-state index in [2.05, 4.69) is 30.5 Å². The first-order valence-electron chi connectivity index (χ1n) is 8.72. The topological polar surface area (TPSA) is 98.9 Å². The summed E-state index contributed by atoms with van der Waals surface area (Å²) >= 11 is 0. The lowest BCUT2D eigenvalue weighted by atomic mass is 9.87. The molecule has 0 N–H and O–H groups in total. The molecule has 154 valence electrons. The van der Waals surface area contributed by atoms with Crippen LogP contribution < -0.4 is 0 Å². The SMILES string of the molecule is COCCN(Cc1nc(C(=O)OC)co1)S(=O)(=O)c1ccc(C(C)(C)C)cc1. The van der Waals surface area contributed by atoms with Gasteiger partial charge in [0.05, 0.1) is 25.2 Å². The molecule has 1 heterocycles. The minimum atomic E-state index is -3.81. The highest BCUT2D eigenvalue weighted by molar-refractivity contribution is 7.89. The van der Waals surface area contributed by atoms with Crippen molar-refractivity contribution >= 4 is 16.0 Å². The van der Waals surface area contributed by atoms with Crippen molar-refractivity contribution in [2.24, 2.45) is 0 Å². The van der Waals surface area contributed by atoms with Crippen LogP contribution in [0.3, 0.4) is 0 Å². The fourth-order valence-electron chi connectivity index (χ4n) is 2.49. The molecular weight excluding hydrogens is 384 g/mol. The zero-order chi connectivity index (χ0) is 20.9. The van der Waals surface area contributed by atoms with Gasteiger partial charge in [0, 0.05) is 13.7 Å². The van der Waals surface area contributed by atoms with Gasteiger partial charge in [-0.1, -0.05) is 32.9 Å². The van der Waals surface area contributed by atoms with E-state index < -0.39 is 16.0 Å². The summed E-state index contributed by atoms with van der Waals surface area (Å²) in [5, 5.41) is 0. The van der Waals surface area contributed by atoms with Crippen molar-refractivity contribution in [1.82, 2.24) is 9.29 Å². The Labute approximate surface area is 165 Å². The minimum absolute atomic E-state index is 0.0175. The molecule has 0 amide bonds. The van der Waals surface area contributed by atoms with Crippen LogP contribution in [0.1, 0.15) is 42.7 Å². The number of carbonyl (C=O) groups is 1. The Hall–Kier alpha value is -2.23. The van der Waals surface area contributed by atoms with Crippen molar-refractivity contribution in [2.75, 3.05) is 27.4 Å². The van der Waals surface area contributed by atoms with Gasteiger partial charge < -0.3 is 13.9 Å². The molecule has 0 fully saturated rings. The van der Waals surface area contributed by atoms with E-state index in [9.17, 15) is 13.2 Å². The smallest absolute Gasteiger partial charge is 0.360 e. The third kappa shape index (κ3) is 5.18. The second kappa shape index (κ2) is 8.85. The van der Waals surface area contributed by atoms with Crippen molar-refractivity contribution in [3.63, 3.8) is 0 Å². The van der Waals surface area contributed by atoms with E-state index in [1.807, 2.05) is 12.1 Å². The number of oxazole rings is 1. The first kappa shape index (κ1) is 22.1. The lowest BCUT2D eigenvalue weighted by Crippen LogP contribution is -2.33. The molecule has 0 aliphatic heterocycles. The first-order chi connectivity index (χ1) is 13.1. The number of rotatable bonds is 8. The average molecular weight is 410 g/mol. The summed E-state index contributed by atoms with van der Waals surface area (Å²) in [7, 11) is -1.09. The maximum Gasteiger partial charge on any atom is 0.360 e. The normalized spacial score (nSPS) is 12.4. The van der Waals surface area contributed by atoms with Crippen LogP contribution in [0.15, 0.2) is 39.8 Å². The number of methoxy groups -OCH3 is 2. The van der Waals surface area contributed by atoms with E-state index in [4.69, 9.17) is 9.15 Å². The Morgan fingerprint density at radius 2 is 1.82 bits per heavy atom. The fraction of sp³-hybridized carbons (Fsp3) is 0.474. The van der Waals surface area contributed by atoms with Crippen molar-refractivity contribution in [3.8, 4) is 0 Å². The van der Waals surface area contributed by atoms with E-state index in [1.165, 1.54) is 18.5 Å². The van der Waals surface area contributed by atoms with E-state index in [1.54, 1.807) is 12.1 Å².